The zero-order chi connectivity index (χ0) is 11.7. The average Bonchev–Trinajstić information content (AvgIpc) is 2.94. The summed E-state index contributed by atoms with van der Waals surface area (Å²) in [5.74, 6) is -1.07. The van der Waals surface area contributed by atoms with E-state index in [2.05, 4.69) is 12.2 Å². The molecule has 2 aliphatic carbocycles. The Balaban J connectivity index is 1.94. The third-order valence-electron chi connectivity index (χ3n) is 3.86. The summed E-state index contributed by atoms with van der Waals surface area (Å²) in [5.41, 5.74) is 0. The Labute approximate surface area is 95.4 Å². The number of carbonyl (C=O) groups is 2. The normalized spacial score (nSPS) is 37.8. The number of aliphatic carboxylic acids is 1. The lowest BCUT2D eigenvalue weighted by Crippen LogP contribution is -2.40. The molecule has 90 valence electrons. The molecule has 2 aliphatic rings. The molecule has 4 atom stereocenters. The summed E-state index contributed by atoms with van der Waals surface area (Å²) < 4.78 is 0. The maximum Gasteiger partial charge on any atom is 0.307 e. The monoisotopic (exact) mass is 225 g/mol. The molecule has 0 heterocycles. The molecule has 1 amide bonds. The Morgan fingerprint density at radius 1 is 1.19 bits per heavy atom. The van der Waals surface area contributed by atoms with E-state index in [4.69, 9.17) is 5.11 Å². The highest BCUT2D eigenvalue weighted by atomic mass is 16.4. The maximum atomic E-state index is 11.9. The van der Waals surface area contributed by atoms with Crippen molar-refractivity contribution >= 4 is 11.9 Å². The van der Waals surface area contributed by atoms with Gasteiger partial charge in [0.2, 0.25) is 5.91 Å². The van der Waals surface area contributed by atoms with Crippen LogP contribution in [0.3, 0.4) is 0 Å². The van der Waals surface area contributed by atoms with Gasteiger partial charge in [0.25, 0.3) is 0 Å². The molecule has 0 aromatic carbocycles. The molecule has 0 saturated heterocycles. The minimum atomic E-state index is -0.816. The minimum absolute atomic E-state index is 0.0403. The zero-order valence-electron chi connectivity index (χ0n) is 9.61. The molecule has 2 N–H and O–H groups in total. The van der Waals surface area contributed by atoms with Gasteiger partial charge >= 0.3 is 5.97 Å². The smallest absolute Gasteiger partial charge is 0.307 e. The molecule has 0 spiro atoms. The first-order valence-electron chi connectivity index (χ1n) is 6.12. The highest BCUT2D eigenvalue weighted by Gasteiger charge is 2.40. The van der Waals surface area contributed by atoms with Crippen molar-refractivity contribution in [3.8, 4) is 0 Å². The molecule has 0 aromatic rings. The van der Waals surface area contributed by atoms with E-state index in [1.807, 2.05) is 0 Å². The molecule has 4 heteroatoms. The summed E-state index contributed by atoms with van der Waals surface area (Å²) in [6.07, 6.45) is 4.32. The van der Waals surface area contributed by atoms with Crippen molar-refractivity contribution in [3.05, 3.63) is 0 Å². The van der Waals surface area contributed by atoms with E-state index in [0.29, 0.717) is 18.4 Å². The van der Waals surface area contributed by atoms with Gasteiger partial charge in [0.15, 0.2) is 0 Å². The van der Waals surface area contributed by atoms with Gasteiger partial charge in [-0.25, -0.2) is 0 Å². The van der Waals surface area contributed by atoms with Crippen LogP contribution >= 0.6 is 0 Å². The quantitative estimate of drug-likeness (QED) is 0.763. The molecule has 16 heavy (non-hydrogen) atoms. The predicted octanol–water partition coefficient (Wildman–Crippen LogP) is 1.40. The molecule has 0 bridgehead atoms. The van der Waals surface area contributed by atoms with Gasteiger partial charge in [0, 0.05) is 6.04 Å². The molecule has 0 aromatic heterocycles. The van der Waals surface area contributed by atoms with Crippen molar-refractivity contribution in [2.75, 3.05) is 0 Å². The second kappa shape index (κ2) is 4.44. The number of carboxylic acids is 1. The standard InChI is InChI=1S/C12H19NO3/c1-7-6-10(7)13-11(14)8-4-2-3-5-9(8)12(15)16/h7-10H,2-6H2,1H3,(H,13,14)(H,15,16). The SMILES string of the molecule is CC1CC1NC(=O)C1CCCCC1C(=O)O. The molecule has 0 aliphatic heterocycles. The number of rotatable bonds is 3. The van der Waals surface area contributed by atoms with Crippen molar-refractivity contribution < 1.29 is 14.7 Å². The third-order valence-corrected chi connectivity index (χ3v) is 3.86. The number of carboxylic acid groups (broad SMARTS) is 1. The minimum Gasteiger partial charge on any atom is -0.481 e. The molecular formula is C12H19NO3. The van der Waals surface area contributed by atoms with Crippen LogP contribution in [-0.2, 0) is 9.59 Å². The Bertz CT molecular complexity index is 303. The van der Waals surface area contributed by atoms with Gasteiger partial charge in [-0.15, -0.1) is 0 Å². The number of nitrogens with one attached hydrogen (secondary N) is 1. The number of hydrogen-bond acceptors (Lipinski definition) is 2. The molecule has 4 unspecified atom stereocenters. The fourth-order valence-corrected chi connectivity index (χ4v) is 2.55. The van der Waals surface area contributed by atoms with Crippen molar-refractivity contribution in [2.45, 2.75) is 45.1 Å². The molecule has 4 nitrogen and oxygen atoms in total. The van der Waals surface area contributed by atoms with Gasteiger partial charge in [-0.2, -0.15) is 0 Å². The molecule has 0 radical (unpaired) electrons. The summed E-state index contributed by atoms with van der Waals surface area (Å²) in [6, 6.07) is 0.295. The first kappa shape index (κ1) is 11.4. The Kier molecular flexibility index (Phi) is 3.17. The second-order valence-electron chi connectivity index (χ2n) is 5.16. The van der Waals surface area contributed by atoms with Crippen LogP contribution in [0.1, 0.15) is 39.0 Å². The highest BCUT2D eigenvalue weighted by Crippen LogP contribution is 2.33. The molecule has 2 fully saturated rings. The average molecular weight is 225 g/mol. The van der Waals surface area contributed by atoms with Crippen LogP contribution in [0, 0.1) is 17.8 Å². The van der Waals surface area contributed by atoms with Gasteiger partial charge in [0.05, 0.1) is 11.8 Å². The van der Waals surface area contributed by atoms with E-state index in [-0.39, 0.29) is 11.8 Å². The number of amides is 1. The Morgan fingerprint density at radius 2 is 1.75 bits per heavy atom. The lowest BCUT2D eigenvalue weighted by atomic mass is 9.78. The van der Waals surface area contributed by atoms with Crippen LogP contribution in [0.15, 0.2) is 0 Å². The predicted molar refractivity (Wildman–Crippen MR) is 58.8 cm³/mol. The summed E-state index contributed by atoms with van der Waals surface area (Å²) >= 11 is 0. The topological polar surface area (TPSA) is 66.4 Å². The summed E-state index contributed by atoms with van der Waals surface area (Å²) in [6.45, 7) is 2.10. The van der Waals surface area contributed by atoms with Crippen molar-refractivity contribution in [1.82, 2.24) is 5.32 Å². The Morgan fingerprint density at radius 3 is 2.25 bits per heavy atom. The lowest BCUT2D eigenvalue weighted by molar-refractivity contribution is -0.149. The van der Waals surface area contributed by atoms with E-state index in [9.17, 15) is 9.59 Å². The second-order valence-corrected chi connectivity index (χ2v) is 5.16. The van der Waals surface area contributed by atoms with E-state index >= 15 is 0 Å². The van der Waals surface area contributed by atoms with Crippen LogP contribution in [0.2, 0.25) is 0 Å². The fraction of sp³-hybridized carbons (Fsp3) is 0.833. The third kappa shape index (κ3) is 2.36. The van der Waals surface area contributed by atoms with Gasteiger partial charge < -0.3 is 10.4 Å². The van der Waals surface area contributed by atoms with Crippen LogP contribution < -0.4 is 5.32 Å². The number of carbonyl (C=O) groups excluding carboxylic acids is 1. The van der Waals surface area contributed by atoms with Crippen molar-refractivity contribution in [2.24, 2.45) is 17.8 Å². The van der Waals surface area contributed by atoms with Gasteiger partial charge in [-0.1, -0.05) is 19.8 Å². The van der Waals surface area contributed by atoms with Crippen LogP contribution in [-0.4, -0.2) is 23.0 Å². The van der Waals surface area contributed by atoms with E-state index in [1.165, 1.54) is 0 Å². The highest BCUT2D eigenvalue weighted by molar-refractivity contribution is 5.85. The Hall–Kier alpha value is -1.06. The first-order valence-corrected chi connectivity index (χ1v) is 6.12. The zero-order valence-corrected chi connectivity index (χ0v) is 9.61. The molecule has 2 rings (SSSR count). The lowest BCUT2D eigenvalue weighted by Gasteiger charge is -2.27. The van der Waals surface area contributed by atoms with Crippen LogP contribution in [0.4, 0.5) is 0 Å². The fourth-order valence-electron chi connectivity index (χ4n) is 2.55. The van der Waals surface area contributed by atoms with Gasteiger partial charge in [0.1, 0.15) is 0 Å². The van der Waals surface area contributed by atoms with Crippen LogP contribution in [0.25, 0.3) is 0 Å². The van der Waals surface area contributed by atoms with Gasteiger partial charge in [-0.05, 0) is 25.2 Å². The van der Waals surface area contributed by atoms with Crippen molar-refractivity contribution in [1.29, 1.82) is 0 Å². The molecule has 2 saturated carbocycles. The van der Waals surface area contributed by atoms with Crippen molar-refractivity contribution in [3.63, 3.8) is 0 Å². The molecular weight excluding hydrogens is 206 g/mol. The maximum absolute atomic E-state index is 11.9. The van der Waals surface area contributed by atoms with Crippen LogP contribution in [0.5, 0.6) is 0 Å². The number of hydrogen-bond donors (Lipinski definition) is 2. The van der Waals surface area contributed by atoms with E-state index in [0.717, 1.165) is 25.7 Å². The van der Waals surface area contributed by atoms with E-state index < -0.39 is 11.9 Å². The first-order chi connectivity index (χ1) is 7.59. The summed E-state index contributed by atoms with van der Waals surface area (Å²) in [7, 11) is 0. The summed E-state index contributed by atoms with van der Waals surface area (Å²) in [4.78, 5) is 23.0. The van der Waals surface area contributed by atoms with E-state index in [1.54, 1.807) is 0 Å². The largest absolute Gasteiger partial charge is 0.481 e. The van der Waals surface area contributed by atoms with Gasteiger partial charge in [-0.3, -0.25) is 9.59 Å². The summed E-state index contributed by atoms with van der Waals surface area (Å²) in [5, 5.41) is 12.0.